The average Bonchev–Trinajstić information content (AvgIpc) is 2.46. The number of rotatable bonds is 5. The van der Waals surface area contributed by atoms with Gasteiger partial charge in [0.25, 0.3) is 0 Å². The minimum Gasteiger partial charge on any atom is -0.369 e. The lowest BCUT2D eigenvalue weighted by molar-refractivity contribution is -0.126. The molecule has 1 fully saturated rings. The highest BCUT2D eigenvalue weighted by molar-refractivity contribution is 6.31. The van der Waals surface area contributed by atoms with Gasteiger partial charge in [0.15, 0.2) is 0 Å². The standard InChI is InChI=1S/C15H20ClN3O2/c16-13-6-2-1-4-11(13)8-18-14(20)10-19-7-3-5-12(9-19)15(17)21/h1-2,4,6,12H,3,5,7-10H2,(H2,17,21)(H,18,20)/t12-/m1/s1. The number of primary amides is 1. The highest BCUT2D eigenvalue weighted by Gasteiger charge is 2.24. The summed E-state index contributed by atoms with van der Waals surface area (Å²) < 4.78 is 0. The van der Waals surface area contributed by atoms with Crippen LogP contribution in [0.5, 0.6) is 0 Å². The molecule has 3 N–H and O–H groups in total. The molecule has 0 radical (unpaired) electrons. The van der Waals surface area contributed by atoms with E-state index in [1.165, 1.54) is 0 Å². The monoisotopic (exact) mass is 309 g/mol. The van der Waals surface area contributed by atoms with Crippen molar-refractivity contribution in [1.82, 2.24) is 10.2 Å². The summed E-state index contributed by atoms with van der Waals surface area (Å²) in [6.07, 6.45) is 1.71. The molecule has 1 saturated heterocycles. The maximum Gasteiger partial charge on any atom is 0.234 e. The Balaban J connectivity index is 1.79. The zero-order valence-electron chi connectivity index (χ0n) is 11.8. The van der Waals surface area contributed by atoms with Crippen LogP contribution in [0.25, 0.3) is 0 Å². The molecule has 0 spiro atoms. The summed E-state index contributed by atoms with van der Waals surface area (Å²) in [7, 11) is 0. The molecule has 1 aromatic rings. The Morgan fingerprint density at radius 2 is 2.14 bits per heavy atom. The van der Waals surface area contributed by atoms with Crippen LogP contribution in [-0.4, -0.2) is 36.3 Å². The van der Waals surface area contributed by atoms with Crippen LogP contribution in [0.15, 0.2) is 24.3 Å². The molecule has 0 bridgehead atoms. The van der Waals surface area contributed by atoms with Gasteiger partial charge in [-0.25, -0.2) is 0 Å². The van der Waals surface area contributed by atoms with E-state index < -0.39 is 0 Å². The molecule has 2 amide bonds. The van der Waals surface area contributed by atoms with Crippen molar-refractivity contribution in [3.8, 4) is 0 Å². The summed E-state index contributed by atoms with van der Waals surface area (Å²) in [5.41, 5.74) is 6.22. The Labute approximate surface area is 129 Å². The van der Waals surface area contributed by atoms with E-state index in [0.717, 1.165) is 24.9 Å². The Morgan fingerprint density at radius 1 is 1.38 bits per heavy atom. The number of hydrogen-bond donors (Lipinski definition) is 2. The molecule has 1 heterocycles. The lowest BCUT2D eigenvalue weighted by Gasteiger charge is -2.30. The molecular formula is C15H20ClN3O2. The number of nitrogens with zero attached hydrogens (tertiary/aromatic N) is 1. The third kappa shape index (κ3) is 4.72. The second kappa shape index (κ2) is 7.43. The molecule has 1 aliphatic heterocycles. The number of benzene rings is 1. The normalized spacial score (nSPS) is 19.2. The topological polar surface area (TPSA) is 75.4 Å². The first-order valence-corrected chi connectivity index (χ1v) is 7.46. The smallest absolute Gasteiger partial charge is 0.234 e. The van der Waals surface area contributed by atoms with Crippen molar-refractivity contribution in [3.05, 3.63) is 34.9 Å². The van der Waals surface area contributed by atoms with E-state index in [4.69, 9.17) is 17.3 Å². The quantitative estimate of drug-likeness (QED) is 0.857. The SMILES string of the molecule is NC(=O)[C@@H]1CCCN(CC(=O)NCc2ccccc2Cl)C1. The Kier molecular flexibility index (Phi) is 5.59. The summed E-state index contributed by atoms with van der Waals surface area (Å²) in [5.74, 6) is -0.494. The fourth-order valence-electron chi connectivity index (χ4n) is 2.53. The van der Waals surface area contributed by atoms with E-state index in [1.54, 1.807) is 6.07 Å². The molecule has 1 aromatic carbocycles. The molecule has 0 aliphatic carbocycles. The Morgan fingerprint density at radius 3 is 2.86 bits per heavy atom. The fourth-order valence-corrected chi connectivity index (χ4v) is 2.73. The molecule has 114 valence electrons. The second-order valence-electron chi connectivity index (χ2n) is 5.34. The van der Waals surface area contributed by atoms with E-state index in [1.807, 2.05) is 23.1 Å². The predicted molar refractivity (Wildman–Crippen MR) is 81.7 cm³/mol. The van der Waals surface area contributed by atoms with Gasteiger partial charge in [-0.3, -0.25) is 14.5 Å². The highest BCUT2D eigenvalue weighted by Crippen LogP contribution is 2.16. The number of carbonyl (C=O) groups excluding carboxylic acids is 2. The van der Waals surface area contributed by atoms with E-state index in [9.17, 15) is 9.59 Å². The summed E-state index contributed by atoms with van der Waals surface area (Å²) >= 11 is 6.04. The molecule has 1 atom stereocenters. The third-order valence-corrected chi connectivity index (χ3v) is 4.08. The van der Waals surface area contributed by atoms with Crippen molar-refractivity contribution in [2.45, 2.75) is 19.4 Å². The van der Waals surface area contributed by atoms with Crippen molar-refractivity contribution in [1.29, 1.82) is 0 Å². The van der Waals surface area contributed by atoms with Gasteiger partial charge in [-0.05, 0) is 31.0 Å². The number of likely N-dealkylation sites (tertiary alicyclic amines) is 1. The molecule has 0 aromatic heterocycles. The minimum absolute atomic E-state index is 0.0694. The molecule has 0 saturated carbocycles. The van der Waals surface area contributed by atoms with Crippen molar-refractivity contribution in [2.24, 2.45) is 11.7 Å². The van der Waals surface area contributed by atoms with Crippen LogP contribution in [0.1, 0.15) is 18.4 Å². The summed E-state index contributed by atoms with van der Waals surface area (Å²) in [6, 6.07) is 7.42. The first-order chi connectivity index (χ1) is 10.1. The number of hydrogen-bond acceptors (Lipinski definition) is 3. The van der Waals surface area contributed by atoms with Crippen LogP contribution in [0.3, 0.4) is 0 Å². The van der Waals surface area contributed by atoms with Crippen LogP contribution < -0.4 is 11.1 Å². The minimum atomic E-state index is -0.281. The maximum absolute atomic E-state index is 12.0. The van der Waals surface area contributed by atoms with Gasteiger partial charge in [-0.15, -0.1) is 0 Å². The van der Waals surface area contributed by atoms with Gasteiger partial charge in [0.05, 0.1) is 12.5 Å². The summed E-state index contributed by atoms with van der Waals surface area (Å²) in [4.78, 5) is 25.1. The van der Waals surface area contributed by atoms with E-state index in [2.05, 4.69) is 5.32 Å². The first-order valence-electron chi connectivity index (χ1n) is 7.08. The molecular weight excluding hydrogens is 290 g/mol. The van der Waals surface area contributed by atoms with E-state index in [-0.39, 0.29) is 24.3 Å². The van der Waals surface area contributed by atoms with Crippen molar-refractivity contribution < 1.29 is 9.59 Å². The number of carbonyl (C=O) groups is 2. The van der Waals surface area contributed by atoms with Crippen molar-refractivity contribution in [3.63, 3.8) is 0 Å². The van der Waals surface area contributed by atoms with Crippen molar-refractivity contribution >= 4 is 23.4 Å². The Hall–Kier alpha value is -1.59. The molecule has 0 unspecified atom stereocenters. The van der Waals surface area contributed by atoms with E-state index >= 15 is 0 Å². The third-order valence-electron chi connectivity index (χ3n) is 3.71. The van der Waals surface area contributed by atoms with Gasteiger partial charge < -0.3 is 11.1 Å². The van der Waals surface area contributed by atoms with Crippen LogP contribution in [0.4, 0.5) is 0 Å². The van der Waals surface area contributed by atoms with Gasteiger partial charge >= 0.3 is 0 Å². The molecule has 6 heteroatoms. The molecule has 21 heavy (non-hydrogen) atoms. The number of nitrogens with two attached hydrogens (primary N) is 1. The van der Waals surface area contributed by atoms with Gasteiger partial charge in [-0.2, -0.15) is 0 Å². The molecule has 1 aliphatic rings. The zero-order chi connectivity index (χ0) is 15.2. The first kappa shape index (κ1) is 15.8. The van der Waals surface area contributed by atoms with Gasteiger partial charge in [0.1, 0.15) is 0 Å². The van der Waals surface area contributed by atoms with E-state index in [0.29, 0.717) is 18.1 Å². The molecule has 5 nitrogen and oxygen atoms in total. The van der Waals surface area contributed by atoms with Crippen LogP contribution in [0.2, 0.25) is 5.02 Å². The lowest BCUT2D eigenvalue weighted by Crippen LogP contribution is -2.45. The number of nitrogens with one attached hydrogen (secondary N) is 1. The van der Waals surface area contributed by atoms with Crippen LogP contribution in [-0.2, 0) is 16.1 Å². The maximum atomic E-state index is 12.0. The Bertz CT molecular complexity index is 521. The predicted octanol–water partition coefficient (Wildman–Crippen LogP) is 1.15. The second-order valence-corrected chi connectivity index (χ2v) is 5.75. The van der Waals surface area contributed by atoms with Gasteiger partial charge in [0.2, 0.25) is 11.8 Å². The summed E-state index contributed by atoms with van der Waals surface area (Å²) in [5, 5.41) is 3.49. The van der Waals surface area contributed by atoms with Crippen LogP contribution in [0, 0.1) is 5.92 Å². The average molecular weight is 310 g/mol. The fraction of sp³-hybridized carbons (Fsp3) is 0.467. The largest absolute Gasteiger partial charge is 0.369 e. The van der Waals surface area contributed by atoms with Crippen LogP contribution >= 0.6 is 11.6 Å². The van der Waals surface area contributed by atoms with Crippen molar-refractivity contribution in [2.75, 3.05) is 19.6 Å². The lowest BCUT2D eigenvalue weighted by atomic mass is 9.97. The number of amides is 2. The zero-order valence-corrected chi connectivity index (χ0v) is 12.6. The number of piperidine rings is 1. The van der Waals surface area contributed by atoms with Gasteiger partial charge in [0, 0.05) is 18.1 Å². The molecule has 2 rings (SSSR count). The number of halogens is 1. The summed E-state index contributed by atoms with van der Waals surface area (Å²) in [6.45, 7) is 2.08. The highest BCUT2D eigenvalue weighted by atomic mass is 35.5. The van der Waals surface area contributed by atoms with Gasteiger partial charge in [-0.1, -0.05) is 29.8 Å².